The van der Waals surface area contributed by atoms with Gasteiger partial charge in [-0.05, 0) is 0 Å². The number of aromatic nitrogens is 6. The molecule has 3 aromatic rings. The number of amides is 1. The van der Waals surface area contributed by atoms with Gasteiger partial charge in [0, 0.05) is 39.5 Å². The summed E-state index contributed by atoms with van der Waals surface area (Å²) in [6.45, 7) is 0.821. The number of rotatable bonds is 5. The second-order valence-electron chi connectivity index (χ2n) is 6.99. The first-order valence-electron chi connectivity index (χ1n) is 9.31. The molecule has 1 aliphatic rings. The van der Waals surface area contributed by atoms with E-state index < -0.39 is 11.2 Å². The monoisotopic (exact) mass is 415 g/mol. The van der Waals surface area contributed by atoms with Crippen LogP contribution in [0.3, 0.4) is 0 Å². The van der Waals surface area contributed by atoms with Gasteiger partial charge >= 0.3 is 5.69 Å². The van der Waals surface area contributed by atoms with Crippen LogP contribution >= 0.6 is 0 Å². The average Bonchev–Trinajstić information content (AvgIpc) is 3.38. The fraction of sp³-hybridized carbons (Fsp3) is 0.444. The van der Waals surface area contributed by atoms with Crippen LogP contribution in [0, 0.1) is 0 Å². The Morgan fingerprint density at radius 1 is 1.13 bits per heavy atom. The summed E-state index contributed by atoms with van der Waals surface area (Å²) in [5.74, 6) is 0.389. The van der Waals surface area contributed by atoms with E-state index in [1.807, 2.05) is 0 Å². The molecule has 0 radical (unpaired) electrons. The number of ether oxygens (including phenoxy) is 2. The van der Waals surface area contributed by atoms with E-state index in [0.717, 1.165) is 4.57 Å². The molecule has 1 aliphatic heterocycles. The molecule has 3 aromatic heterocycles. The summed E-state index contributed by atoms with van der Waals surface area (Å²) in [5.41, 5.74) is -0.503. The number of nitrogens with zero attached hydrogens (tertiary/aromatic N) is 7. The SMILES string of the molecule is COc1nccnc1OC1CCN(C(=O)Cn2cnc3c2c(=O)n(C)c(=O)n3C)C1. The van der Waals surface area contributed by atoms with Gasteiger partial charge in [-0.1, -0.05) is 0 Å². The van der Waals surface area contributed by atoms with E-state index in [-0.39, 0.29) is 41.5 Å². The molecule has 4 heterocycles. The van der Waals surface area contributed by atoms with Crippen molar-refractivity contribution >= 4 is 17.1 Å². The topological polar surface area (TPSA) is 126 Å². The summed E-state index contributed by atoms with van der Waals surface area (Å²) >= 11 is 0. The van der Waals surface area contributed by atoms with Crippen molar-refractivity contribution in [2.45, 2.75) is 19.1 Å². The van der Waals surface area contributed by atoms with Crippen molar-refractivity contribution in [3.63, 3.8) is 0 Å². The van der Waals surface area contributed by atoms with Crippen LogP contribution in [0.15, 0.2) is 28.3 Å². The van der Waals surface area contributed by atoms with Crippen molar-refractivity contribution in [3.8, 4) is 11.8 Å². The molecule has 0 saturated carbocycles. The average molecular weight is 415 g/mol. The predicted octanol–water partition coefficient (Wildman–Crippen LogP) is -1.09. The van der Waals surface area contributed by atoms with Gasteiger partial charge in [0.05, 0.1) is 20.0 Å². The van der Waals surface area contributed by atoms with E-state index in [1.165, 1.54) is 49.1 Å². The number of methoxy groups -OCH3 is 1. The third kappa shape index (κ3) is 3.29. The Kier molecular flexibility index (Phi) is 4.98. The van der Waals surface area contributed by atoms with E-state index >= 15 is 0 Å². The first-order chi connectivity index (χ1) is 14.4. The Balaban J connectivity index is 1.49. The minimum atomic E-state index is -0.490. The summed E-state index contributed by atoms with van der Waals surface area (Å²) in [4.78, 5) is 51.3. The van der Waals surface area contributed by atoms with Gasteiger partial charge in [0.1, 0.15) is 12.6 Å². The maximum atomic E-state index is 12.8. The molecule has 1 amide bonds. The first kappa shape index (κ1) is 19.6. The Hall–Kier alpha value is -3.70. The van der Waals surface area contributed by atoms with Crippen molar-refractivity contribution in [1.29, 1.82) is 0 Å². The number of carbonyl (C=O) groups excluding carboxylic acids is 1. The van der Waals surface area contributed by atoms with Crippen LogP contribution in [0.2, 0.25) is 0 Å². The molecule has 1 saturated heterocycles. The maximum absolute atomic E-state index is 12.8. The van der Waals surface area contributed by atoms with Crippen LogP contribution in [0.25, 0.3) is 11.2 Å². The standard InChI is InChI=1S/C18H21N7O5/c1-22-14-13(17(27)23(2)18(22)28)25(10-21-14)9-12(26)24-7-4-11(8-24)30-16-15(29-3)19-5-6-20-16/h5-6,10-11H,4,7-9H2,1-3H3. The minimum Gasteiger partial charge on any atom is -0.477 e. The lowest BCUT2D eigenvalue weighted by Crippen LogP contribution is -2.38. The molecule has 0 bridgehead atoms. The van der Waals surface area contributed by atoms with Gasteiger partial charge in [0.25, 0.3) is 17.3 Å². The van der Waals surface area contributed by atoms with Crippen LogP contribution in [0.4, 0.5) is 0 Å². The molecular weight excluding hydrogens is 394 g/mol. The lowest BCUT2D eigenvalue weighted by Gasteiger charge is -2.18. The molecule has 0 N–H and O–H groups in total. The quantitative estimate of drug-likeness (QED) is 0.515. The highest BCUT2D eigenvalue weighted by atomic mass is 16.5. The molecule has 0 spiro atoms. The van der Waals surface area contributed by atoms with Gasteiger partial charge in [0.15, 0.2) is 11.2 Å². The number of likely N-dealkylation sites (tertiary alicyclic amines) is 1. The highest BCUT2D eigenvalue weighted by Crippen LogP contribution is 2.24. The second kappa shape index (κ2) is 7.61. The molecule has 0 aromatic carbocycles. The first-order valence-corrected chi connectivity index (χ1v) is 9.31. The fourth-order valence-electron chi connectivity index (χ4n) is 3.50. The molecular formula is C18H21N7O5. The third-order valence-corrected chi connectivity index (χ3v) is 5.13. The normalized spacial score (nSPS) is 16.2. The number of fused-ring (bicyclic) bond motifs is 1. The highest BCUT2D eigenvalue weighted by Gasteiger charge is 2.29. The summed E-state index contributed by atoms with van der Waals surface area (Å²) in [6, 6.07) is 0. The number of hydrogen-bond donors (Lipinski definition) is 0. The molecule has 4 rings (SSSR count). The van der Waals surface area contributed by atoms with Crippen LogP contribution in [-0.4, -0.2) is 65.8 Å². The minimum absolute atomic E-state index is 0.0644. The zero-order valence-corrected chi connectivity index (χ0v) is 16.8. The van der Waals surface area contributed by atoms with E-state index in [0.29, 0.717) is 19.5 Å². The van der Waals surface area contributed by atoms with Crippen molar-refractivity contribution in [3.05, 3.63) is 39.6 Å². The van der Waals surface area contributed by atoms with Crippen LogP contribution in [-0.2, 0) is 25.4 Å². The van der Waals surface area contributed by atoms with Gasteiger partial charge in [-0.3, -0.25) is 18.7 Å². The van der Waals surface area contributed by atoms with Gasteiger partial charge in [0.2, 0.25) is 5.91 Å². The Bertz CT molecular complexity index is 1230. The van der Waals surface area contributed by atoms with Crippen LogP contribution in [0.5, 0.6) is 11.8 Å². The van der Waals surface area contributed by atoms with Gasteiger partial charge in [-0.25, -0.2) is 19.7 Å². The number of carbonyl (C=O) groups is 1. The maximum Gasteiger partial charge on any atom is 0.332 e. The molecule has 12 heteroatoms. The lowest BCUT2D eigenvalue weighted by molar-refractivity contribution is -0.131. The third-order valence-electron chi connectivity index (χ3n) is 5.13. The zero-order valence-electron chi connectivity index (χ0n) is 16.8. The molecule has 158 valence electrons. The Labute approximate surface area is 170 Å². The van der Waals surface area contributed by atoms with Crippen molar-refractivity contribution in [2.24, 2.45) is 14.1 Å². The van der Waals surface area contributed by atoms with Crippen LogP contribution < -0.4 is 20.7 Å². The Morgan fingerprint density at radius 3 is 2.60 bits per heavy atom. The molecule has 0 aliphatic carbocycles. The summed E-state index contributed by atoms with van der Waals surface area (Å²) in [6.07, 6.45) is 4.80. The molecule has 1 atom stereocenters. The van der Waals surface area contributed by atoms with Gasteiger partial charge in [-0.2, -0.15) is 0 Å². The summed E-state index contributed by atoms with van der Waals surface area (Å²) in [7, 11) is 4.41. The number of aryl methyl sites for hydroxylation is 1. The van der Waals surface area contributed by atoms with Crippen molar-refractivity contribution in [1.82, 2.24) is 33.6 Å². The van der Waals surface area contributed by atoms with E-state index in [1.54, 1.807) is 4.90 Å². The van der Waals surface area contributed by atoms with Gasteiger partial charge in [-0.15, -0.1) is 0 Å². The molecule has 1 unspecified atom stereocenters. The highest BCUT2D eigenvalue weighted by molar-refractivity contribution is 5.79. The van der Waals surface area contributed by atoms with Crippen molar-refractivity contribution in [2.75, 3.05) is 20.2 Å². The summed E-state index contributed by atoms with van der Waals surface area (Å²) in [5, 5.41) is 0. The largest absolute Gasteiger partial charge is 0.477 e. The van der Waals surface area contributed by atoms with E-state index in [9.17, 15) is 14.4 Å². The summed E-state index contributed by atoms with van der Waals surface area (Å²) < 4.78 is 14.7. The predicted molar refractivity (Wildman–Crippen MR) is 104 cm³/mol. The fourth-order valence-corrected chi connectivity index (χ4v) is 3.50. The molecule has 1 fully saturated rings. The zero-order chi connectivity index (χ0) is 21.4. The van der Waals surface area contributed by atoms with E-state index in [4.69, 9.17) is 9.47 Å². The Morgan fingerprint density at radius 2 is 1.87 bits per heavy atom. The number of hydrogen-bond acceptors (Lipinski definition) is 8. The van der Waals surface area contributed by atoms with Gasteiger partial charge < -0.3 is 18.9 Å². The second-order valence-corrected chi connectivity index (χ2v) is 6.99. The lowest BCUT2D eigenvalue weighted by atomic mass is 10.3. The molecule has 30 heavy (non-hydrogen) atoms. The molecule has 12 nitrogen and oxygen atoms in total. The van der Waals surface area contributed by atoms with Crippen molar-refractivity contribution < 1.29 is 14.3 Å². The smallest absolute Gasteiger partial charge is 0.332 e. The van der Waals surface area contributed by atoms with Crippen LogP contribution in [0.1, 0.15) is 6.42 Å². The van der Waals surface area contributed by atoms with E-state index in [2.05, 4.69) is 15.0 Å². The number of imidazole rings is 1.